The zero-order valence-corrected chi connectivity index (χ0v) is 15.3. The Morgan fingerprint density at radius 1 is 0.893 bits per heavy atom. The fourth-order valence-electron chi connectivity index (χ4n) is 2.70. The molecule has 8 heteroatoms. The van der Waals surface area contributed by atoms with Crippen molar-refractivity contribution >= 4 is 33.2 Å². The second-order valence-electron chi connectivity index (χ2n) is 5.77. The van der Waals surface area contributed by atoms with Crippen LogP contribution >= 0.6 is 0 Å². The van der Waals surface area contributed by atoms with E-state index in [9.17, 15) is 10.1 Å². The summed E-state index contributed by atoms with van der Waals surface area (Å²) in [5, 5.41) is 12.2. The van der Waals surface area contributed by atoms with E-state index in [4.69, 9.17) is 15.2 Å². The lowest BCUT2D eigenvalue weighted by molar-refractivity contribution is -0.385. The number of nitro groups is 1. The predicted octanol–water partition coefficient (Wildman–Crippen LogP) is 3.98. The number of rotatable bonds is 3. The summed E-state index contributed by atoms with van der Waals surface area (Å²) in [6.07, 6.45) is 2.88. The largest absolute Gasteiger partial charge is 0.496 e. The minimum absolute atomic E-state index is 0.0352. The Labute approximate surface area is 160 Å². The predicted molar refractivity (Wildman–Crippen MR) is 108 cm³/mol. The van der Waals surface area contributed by atoms with Gasteiger partial charge in [0.25, 0.3) is 5.69 Å². The monoisotopic (exact) mass is 378 g/mol. The van der Waals surface area contributed by atoms with E-state index < -0.39 is 4.92 Å². The third-order valence-electron chi connectivity index (χ3n) is 4.03. The Hall–Kier alpha value is -3.94. The molecular weight excluding hydrogens is 360 g/mol. The van der Waals surface area contributed by atoms with Crippen molar-refractivity contribution < 1.29 is 14.4 Å². The van der Waals surface area contributed by atoms with Crippen LogP contribution in [0.2, 0.25) is 0 Å². The molecule has 0 saturated carbocycles. The van der Waals surface area contributed by atoms with E-state index in [1.165, 1.54) is 19.4 Å². The molecule has 0 atom stereocenters. The third kappa shape index (κ3) is 3.90. The van der Waals surface area contributed by atoms with Crippen LogP contribution in [-0.2, 0) is 0 Å². The molecule has 2 aromatic carbocycles. The molecule has 0 bridgehead atoms. The number of ether oxygens (including phenoxy) is 2. The molecule has 0 aliphatic carbocycles. The van der Waals surface area contributed by atoms with Crippen LogP contribution < -0.4 is 15.2 Å². The van der Waals surface area contributed by atoms with Crippen LogP contribution in [0.15, 0.2) is 60.9 Å². The number of methoxy groups -OCH3 is 2. The molecule has 0 amide bonds. The van der Waals surface area contributed by atoms with Gasteiger partial charge in [-0.2, -0.15) is 0 Å². The SMILES string of the molecule is COc1cccc2ncc(N)cc12.COc1cccc2ncc([N+](=O)[O-])cc12. The van der Waals surface area contributed by atoms with Crippen molar-refractivity contribution in [1.82, 2.24) is 9.97 Å². The Balaban J connectivity index is 0.000000162. The minimum atomic E-state index is -0.473. The molecule has 2 heterocycles. The fraction of sp³-hybridized carbons (Fsp3) is 0.100. The van der Waals surface area contributed by atoms with Crippen molar-refractivity contribution in [3.8, 4) is 11.5 Å². The Morgan fingerprint density at radius 3 is 1.96 bits per heavy atom. The fourth-order valence-corrected chi connectivity index (χ4v) is 2.70. The van der Waals surface area contributed by atoms with Crippen molar-refractivity contribution in [1.29, 1.82) is 0 Å². The Morgan fingerprint density at radius 2 is 1.43 bits per heavy atom. The summed E-state index contributed by atoms with van der Waals surface area (Å²) in [5.41, 5.74) is 7.82. The number of nitrogens with two attached hydrogens (primary N) is 1. The molecule has 4 aromatic rings. The van der Waals surface area contributed by atoms with Crippen molar-refractivity contribution in [3.63, 3.8) is 0 Å². The van der Waals surface area contributed by atoms with Gasteiger partial charge in [-0.1, -0.05) is 12.1 Å². The summed E-state index contributed by atoms with van der Waals surface area (Å²) in [6.45, 7) is 0. The summed E-state index contributed by atoms with van der Waals surface area (Å²) < 4.78 is 10.3. The number of hydrogen-bond donors (Lipinski definition) is 1. The highest BCUT2D eigenvalue weighted by Gasteiger charge is 2.09. The smallest absolute Gasteiger partial charge is 0.288 e. The van der Waals surface area contributed by atoms with Gasteiger partial charge in [0.05, 0.1) is 42.1 Å². The van der Waals surface area contributed by atoms with E-state index in [0.717, 1.165) is 16.7 Å². The minimum Gasteiger partial charge on any atom is -0.496 e. The molecule has 0 aliphatic heterocycles. The quantitative estimate of drug-likeness (QED) is 0.424. The first kappa shape index (κ1) is 18.8. The van der Waals surface area contributed by atoms with E-state index >= 15 is 0 Å². The second kappa shape index (κ2) is 8.17. The average molecular weight is 378 g/mol. The van der Waals surface area contributed by atoms with E-state index in [1.807, 2.05) is 24.3 Å². The lowest BCUT2D eigenvalue weighted by Crippen LogP contribution is -1.91. The number of aromatic nitrogens is 2. The van der Waals surface area contributed by atoms with Gasteiger partial charge in [-0.3, -0.25) is 15.1 Å². The number of hydrogen-bond acceptors (Lipinski definition) is 7. The lowest BCUT2D eigenvalue weighted by atomic mass is 10.2. The molecule has 0 unspecified atom stereocenters. The molecule has 2 aromatic heterocycles. The summed E-state index contributed by atoms with van der Waals surface area (Å²) >= 11 is 0. The lowest BCUT2D eigenvalue weighted by Gasteiger charge is -2.04. The number of fused-ring (bicyclic) bond motifs is 2. The molecule has 2 N–H and O–H groups in total. The molecule has 4 rings (SSSR count). The zero-order valence-electron chi connectivity index (χ0n) is 15.3. The van der Waals surface area contributed by atoms with Gasteiger partial charge in [0.1, 0.15) is 17.7 Å². The summed E-state index contributed by atoms with van der Waals surface area (Å²) in [7, 11) is 3.16. The van der Waals surface area contributed by atoms with Crippen molar-refractivity contribution in [2.45, 2.75) is 0 Å². The molecule has 8 nitrogen and oxygen atoms in total. The number of nitrogen functional groups attached to an aromatic ring is 1. The zero-order chi connectivity index (χ0) is 20.1. The van der Waals surface area contributed by atoms with E-state index in [1.54, 1.807) is 31.5 Å². The summed E-state index contributed by atoms with van der Waals surface area (Å²) in [4.78, 5) is 18.3. The second-order valence-corrected chi connectivity index (χ2v) is 5.77. The first-order valence-electron chi connectivity index (χ1n) is 8.29. The van der Waals surface area contributed by atoms with Crippen molar-refractivity contribution in [2.24, 2.45) is 0 Å². The van der Waals surface area contributed by atoms with Crippen LogP contribution in [0.25, 0.3) is 21.8 Å². The van der Waals surface area contributed by atoms with Gasteiger partial charge in [-0.05, 0) is 30.3 Å². The molecular formula is C20H18N4O4. The van der Waals surface area contributed by atoms with E-state index in [-0.39, 0.29) is 5.69 Å². The first-order chi connectivity index (χ1) is 13.5. The molecule has 0 spiro atoms. The molecule has 28 heavy (non-hydrogen) atoms. The molecule has 0 fully saturated rings. The normalized spacial score (nSPS) is 10.2. The van der Waals surface area contributed by atoms with Crippen LogP contribution in [0.5, 0.6) is 11.5 Å². The maximum Gasteiger partial charge on any atom is 0.288 e. The standard InChI is InChI=1S/C10H8N2O3.C10H10N2O/c1-15-10-4-2-3-9-8(10)5-7(6-11-9)12(13)14;1-13-10-4-2-3-9-8(10)5-7(11)6-12-9/h2-6H,1H3;2-6H,11H2,1H3. The van der Waals surface area contributed by atoms with Crippen molar-refractivity contribution in [3.05, 3.63) is 71.0 Å². The van der Waals surface area contributed by atoms with Crippen molar-refractivity contribution in [2.75, 3.05) is 20.0 Å². The number of benzene rings is 2. The Bertz CT molecular complexity index is 1150. The summed E-state index contributed by atoms with van der Waals surface area (Å²) in [5.74, 6) is 1.39. The maximum absolute atomic E-state index is 10.6. The van der Waals surface area contributed by atoms with Crippen LogP contribution in [0.1, 0.15) is 0 Å². The van der Waals surface area contributed by atoms with E-state index in [2.05, 4.69) is 9.97 Å². The van der Waals surface area contributed by atoms with Gasteiger partial charge in [0.15, 0.2) is 0 Å². The van der Waals surface area contributed by atoms with Gasteiger partial charge < -0.3 is 15.2 Å². The van der Waals surface area contributed by atoms with Crippen LogP contribution in [0.4, 0.5) is 11.4 Å². The number of pyridine rings is 2. The molecule has 0 radical (unpaired) electrons. The first-order valence-corrected chi connectivity index (χ1v) is 8.29. The van der Waals surface area contributed by atoms with Gasteiger partial charge in [-0.25, -0.2) is 4.98 Å². The van der Waals surface area contributed by atoms with Crippen LogP contribution in [0.3, 0.4) is 0 Å². The maximum atomic E-state index is 10.6. The highest BCUT2D eigenvalue weighted by atomic mass is 16.6. The number of nitrogens with zero attached hydrogens (tertiary/aromatic N) is 3. The molecule has 142 valence electrons. The molecule has 0 aliphatic rings. The highest BCUT2D eigenvalue weighted by molar-refractivity contribution is 5.87. The van der Waals surface area contributed by atoms with Gasteiger partial charge in [0.2, 0.25) is 0 Å². The van der Waals surface area contributed by atoms with Crippen LogP contribution in [0, 0.1) is 10.1 Å². The number of anilines is 1. The van der Waals surface area contributed by atoms with Gasteiger partial charge >= 0.3 is 0 Å². The topological polar surface area (TPSA) is 113 Å². The van der Waals surface area contributed by atoms with Gasteiger partial charge in [-0.15, -0.1) is 0 Å². The third-order valence-corrected chi connectivity index (χ3v) is 4.03. The molecule has 0 saturated heterocycles. The van der Waals surface area contributed by atoms with Gasteiger partial charge in [0, 0.05) is 16.8 Å². The summed E-state index contributed by atoms with van der Waals surface area (Å²) in [6, 6.07) is 14.4. The van der Waals surface area contributed by atoms with E-state index in [0.29, 0.717) is 22.3 Å². The average Bonchev–Trinajstić information content (AvgIpc) is 2.72. The van der Waals surface area contributed by atoms with Crippen LogP contribution in [-0.4, -0.2) is 29.1 Å². The highest BCUT2D eigenvalue weighted by Crippen LogP contribution is 2.27. The Kier molecular flexibility index (Phi) is 5.50.